The third-order valence-corrected chi connectivity index (χ3v) is 8.21. The zero-order valence-electron chi connectivity index (χ0n) is 14.6. The fourth-order valence-corrected chi connectivity index (χ4v) is 6.95. The van der Waals surface area contributed by atoms with Gasteiger partial charge in [-0.25, -0.2) is 0 Å². The van der Waals surface area contributed by atoms with Crippen LogP contribution in [0, 0.1) is 40.9 Å². The maximum absolute atomic E-state index is 11.0. The topological polar surface area (TPSA) is 60.7 Å². The number of terminal acetylenes is 1. The van der Waals surface area contributed by atoms with Crippen LogP contribution >= 0.6 is 0 Å². The second kappa shape index (κ2) is 5.59. The molecule has 0 amide bonds. The van der Waals surface area contributed by atoms with Gasteiger partial charge >= 0.3 is 0 Å². The van der Waals surface area contributed by atoms with E-state index in [1.165, 1.54) is 5.57 Å². The Morgan fingerprint density at radius 2 is 1.92 bits per heavy atom. The molecule has 0 aromatic carbocycles. The predicted molar refractivity (Wildman–Crippen MR) is 92.9 cm³/mol. The van der Waals surface area contributed by atoms with Gasteiger partial charge in [-0.2, -0.15) is 0 Å². The van der Waals surface area contributed by atoms with Crippen LogP contribution in [0.5, 0.6) is 0 Å². The van der Waals surface area contributed by atoms with Gasteiger partial charge in [0.25, 0.3) is 0 Å². The van der Waals surface area contributed by atoms with Gasteiger partial charge in [0.15, 0.2) is 0 Å². The third kappa shape index (κ3) is 2.09. The Morgan fingerprint density at radius 3 is 2.67 bits per heavy atom. The Balaban J connectivity index is 1.73. The molecule has 0 aromatic heterocycles. The van der Waals surface area contributed by atoms with Crippen molar-refractivity contribution in [1.29, 1.82) is 0 Å². The molecule has 3 fully saturated rings. The SMILES string of the molecule is C#CC[C@]12CC[C@H]3[C@@H]([C@@H](O)C=C4C[C@@H](O)CC[C@@]43C)[C@@H]1CC[C@@H]2O. The maximum Gasteiger partial charge on any atom is 0.0757 e. The lowest BCUT2D eigenvalue weighted by molar-refractivity contribution is -0.111. The monoisotopic (exact) mass is 330 g/mol. The number of hydrogen-bond acceptors (Lipinski definition) is 3. The Kier molecular flexibility index (Phi) is 3.88. The summed E-state index contributed by atoms with van der Waals surface area (Å²) in [6, 6.07) is 0. The van der Waals surface area contributed by atoms with E-state index in [1.807, 2.05) is 6.08 Å². The average Bonchev–Trinajstić information content (AvgIpc) is 2.87. The van der Waals surface area contributed by atoms with Crippen molar-refractivity contribution in [2.24, 2.45) is 28.6 Å². The highest BCUT2D eigenvalue weighted by Crippen LogP contribution is 2.65. The molecule has 0 aliphatic heterocycles. The summed E-state index contributed by atoms with van der Waals surface area (Å²) in [6.07, 6.45) is 13.6. The lowest BCUT2D eigenvalue weighted by atomic mass is 9.46. The summed E-state index contributed by atoms with van der Waals surface area (Å²) in [5.74, 6) is 3.79. The molecule has 3 N–H and O–H groups in total. The lowest BCUT2D eigenvalue weighted by Crippen LogP contribution is -2.55. The van der Waals surface area contributed by atoms with Gasteiger partial charge in [-0.05, 0) is 68.1 Å². The summed E-state index contributed by atoms with van der Waals surface area (Å²) in [4.78, 5) is 0. The summed E-state index contributed by atoms with van der Waals surface area (Å²) in [5, 5.41) is 31.7. The summed E-state index contributed by atoms with van der Waals surface area (Å²) >= 11 is 0. The van der Waals surface area contributed by atoms with Crippen LogP contribution in [-0.2, 0) is 0 Å². The molecule has 0 heterocycles. The zero-order chi connectivity index (χ0) is 17.1. The average molecular weight is 330 g/mol. The number of rotatable bonds is 1. The molecule has 4 rings (SSSR count). The first-order chi connectivity index (χ1) is 11.4. The Labute approximate surface area is 145 Å². The molecule has 0 radical (unpaired) electrons. The zero-order valence-corrected chi connectivity index (χ0v) is 14.6. The van der Waals surface area contributed by atoms with Crippen LogP contribution in [0.25, 0.3) is 0 Å². The van der Waals surface area contributed by atoms with Crippen molar-refractivity contribution < 1.29 is 15.3 Å². The second-order valence-electron chi connectivity index (χ2n) is 9.03. The molecule has 3 nitrogen and oxygen atoms in total. The molecule has 4 aliphatic carbocycles. The molecule has 0 saturated heterocycles. The van der Waals surface area contributed by atoms with Crippen LogP contribution in [0.15, 0.2) is 11.6 Å². The molecule has 0 bridgehead atoms. The van der Waals surface area contributed by atoms with E-state index in [2.05, 4.69) is 12.8 Å². The van der Waals surface area contributed by atoms with E-state index in [0.717, 1.165) is 38.5 Å². The molecular formula is C21H30O3. The van der Waals surface area contributed by atoms with E-state index in [-0.39, 0.29) is 29.0 Å². The molecule has 0 unspecified atom stereocenters. The van der Waals surface area contributed by atoms with Gasteiger partial charge in [-0.15, -0.1) is 12.3 Å². The quantitative estimate of drug-likeness (QED) is 0.512. The highest BCUT2D eigenvalue weighted by molar-refractivity contribution is 5.28. The van der Waals surface area contributed by atoms with Crippen molar-refractivity contribution in [2.45, 2.75) is 76.6 Å². The van der Waals surface area contributed by atoms with E-state index < -0.39 is 6.10 Å². The Bertz CT molecular complexity index is 590. The fraction of sp³-hybridized carbons (Fsp3) is 0.810. The van der Waals surface area contributed by atoms with Crippen molar-refractivity contribution in [1.82, 2.24) is 0 Å². The Morgan fingerprint density at radius 1 is 1.12 bits per heavy atom. The highest BCUT2D eigenvalue weighted by Gasteiger charge is 2.61. The minimum absolute atomic E-state index is 0.0962. The predicted octanol–water partition coefficient (Wildman–Crippen LogP) is 2.65. The van der Waals surface area contributed by atoms with Gasteiger partial charge in [-0.1, -0.05) is 18.6 Å². The third-order valence-electron chi connectivity index (χ3n) is 8.21. The Hall–Kier alpha value is -0.820. The molecule has 3 saturated carbocycles. The van der Waals surface area contributed by atoms with E-state index in [1.54, 1.807) is 0 Å². The normalized spacial score (nSPS) is 53.4. The highest BCUT2D eigenvalue weighted by atomic mass is 16.3. The van der Waals surface area contributed by atoms with Gasteiger partial charge in [0, 0.05) is 11.8 Å². The van der Waals surface area contributed by atoms with Crippen LogP contribution < -0.4 is 0 Å². The molecule has 132 valence electrons. The maximum atomic E-state index is 11.0. The van der Waals surface area contributed by atoms with Gasteiger partial charge in [0.05, 0.1) is 18.3 Å². The summed E-state index contributed by atoms with van der Waals surface area (Å²) in [7, 11) is 0. The molecule has 0 spiro atoms. The lowest BCUT2D eigenvalue weighted by Gasteiger charge is -2.59. The molecule has 3 heteroatoms. The van der Waals surface area contributed by atoms with Crippen molar-refractivity contribution in [3.8, 4) is 12.3 Å². The molecule has 24 heavy (non-hydrogen) atoms. The van der Waals surface area contributed by atoms with Crippen LogP contribution in [-0.4, -0.2) is 33.6 Å². The molecule has 8 atom stereocenters. The van der Waals surface area contributed by atoms with Gasteiger partial charge < -0.3 is 15.3 Å². The minimum atomic E-state index is -0.462. The van der Waals surface area contributed by atoms with Gasteiger partial charge in [-0.3, -0.25) is 0 Å². The van der Waals surface area contributed by atoms with Crippen LogP contribution in [0.1, 0.15) is 58.3 Å². The largest absolute Gasteiger partial charge is 0.393 e. The summed E-state index contributed by atoms with van der Waals surface area (Å²) in [6.45, 7) is 2.34. The summed E-state index contributed by atoms with van der Waals surface area (Å²) < 4.78 is 0. The van der Waals surface area contributed by atoms with Gasteiger partial charge in [0.1, 0.15) is 0 Å². The second-order valence-corrected chi connectivity index (χ2v) is 9.03. The summed E-state index contributed by atoms with van der Waals surface area (Å²) in [5.41, 5.74) is 1.17. The van der Waals surface area contributed by atoms with Crippen LogP contribution in [0.2, 0.25) is 0 Å². The molecular weight excluding hydrogens is 300 g/mol. The number of hydrogen-bond donors (Lipinski definition) is 3. The van der Waals surface area contributed by atoms with Crippen molar-refractivity contribution in [3.05, 3.63) is 11.6 Å². The van der Waals surface area contributed by atoms with E-state index in [9.17, 15) is 15.3 Å². The van der Waals surface area contributed by atoms with Crippen molar-refractivity contribution in [3.63, 3.8) is 0 Å². The van der Waals surface area contributed by atoms with E-state index in [0.29, 0.717) is 24.7 Å². The number of fused-ring (bicyclic) bond motifs is 5. The smallest absolute Gasteiger partial charge is 0.0757 e. The molecule has 0 aromatic rings. The van der Waals surface area contributed by atoms with Gasteiger partial charge in [0.2, 0.25) is 0 Å². The van der Waals surface area contributed by atoms with Crippen molar-refractivity contribution in [2.75, 3.05) is 0 Å². The number of aliphatic hydroxyl groups is 3. The van der Waals surface area contributed by atoms with E-state index in [4.69, 9.17) is 6.42 Å². The van der Waals surface area contributed by atoms with Crippen LogP contribution in [0.4, 0.5) is 0 Å². The fourth-order valence-electron chi connectivity index (χ4n) is 6.95. The molecule has 4 aliphatic rings. The first-order valence-electron chi connectivity index (χ1n) is 9.61. The first-order valence-corrected chi connectivity index (χ1v) is 9.61. The van der Waals surface area contributed by atoms with E-state index >= 15 is 0 Å². The standard InChI is InChI=1S/C21H30O3/c1-3-8-21-10-7-15-19(16(21)4-5-18(21)24)17(23)12-13-11-14(22)6-9-20(13,15)2/h1,12,14-19,22-24H,4-11H2,2H3/t14-,15-,16-,17-,18-,19+,20-,21-/m0/s1. The number of aliphatic hydroxyl groups excluding tert-OH is 3. The first kappa shape index (κ1) is 16.6. The van der Waals surface area contributed by atoms with Crippen molar-refractivity contribution >= 4 is 0 Å². The van der Waals surface area contributed by atoms with Crippen LogP contribution in [0.3, 0.4) is 0 Å². The minimum Gasteiger partial charge on any atom is -0.393 e.